The number of hydrogen-bond donors (Lipinski definition) is 4. The van der Waals surface area contributed by atoms with Crippen LogP contribution in [0.2, 0.25) is 0 Å². The van der Waals surface area contributed by atoms with Crippen molar-refractivity contribution in [3.63, 3.8) is 0 Å². The van der Waals surface area contributed by atoms with Crippen LogP contribution in [0.5, 0.6) is 0 Å². The molecule has 0 rings (SSSR count). The smallest absolute Gasteiger partial charge is 0.332 e. The second-order valence-electron chi connectivity index (χ2n) is 5.60. The van der Waals surface area contributed by atoms with Crippen LogP contribution >= 0.6 is 0 Å². The summed E-state index contributed by atoms with van der Waals surface area (Å²) in [5.41, 5.74) is -0.449. The highest BCUT2D eigenvalue weighted by atomic mass is 16.4. The third kappa shape index (κ3) is 8.47. The number of carboxylic acid groups (broad SMARTS) is 1. The van der Waals surface area contributed by atoms with E-state index in [0.29, 0.717) is 13.0 Å². The maximum Gasteiger partial charge on any atom is 0.332 e. The average Bonchev–Trinajstić information content (AvgIpc) is 2.32. The zero-order valence-electron chi connectivity index (χ0n) is 12.2. The molecule has 0 unspecified atom stereocenters. The summed E-state index contributed by atoms with van der Waals surface area (Å²) in [5, 5.41) is 22.7. The number of aliphatic hydroxyl groups is 1. The van der Waals surface area contributed by atoms with Crippen molar-refractivity contribution < 1.29 is 24.6 Å². The van der Waals surface area contributed by atoms with Gasteiger partial charge in [0.25, 0.3) is 0 Å². The second-order valence-corrected chi connectivity index (χ2v) is 5.60. The Balaban J connectivity index is 3.65. The van der Waals surface area contributed by atoms with Crippen molar-refractivity contribution in [2.75, 3.05) is 13.1 Å². The summed E-state index contributed by atoms with van der Waals surface area (Å²) >= 11 is 0. The lowest BCUT2D eigenvalue weighted by molar-refractivity contribution is -0.147. The number of hydrogen-bond acceptors (Lipinski definition) is 4. The maximum absolute atomic E-state index is 11.5. The number of rotatable bonds is 8. The van der Waals surface area contributed by atoms with Crippen molar-refractivity contribution in [1.82, 2.24) is 10.6 Å². The van der Waals surface area contributed by atoms with Gasteiger partial charge in [-0.15, -0.1) is 0 Å². The molecule has 0 aromatic heterocycles. The molecule has 7 heteroatoms. The van der Waals surface area contributed by atoms with Gasteiger partial charge >= 0.3 is 5.97 Å². The molecule has 116 valence electrons. The summed E-state index contributed by atoms with van der Waals surface area (Å²) in [4.78, 5) is 33.2. The highest BCUT2D eigenvalue weighted by Gasteiger charge is 2.20. The lowest BCUT2D eigenvalue weighted by Crippen LogP contribution is -2.36. The standard InChI is InChI=1S/C13H24N2O5/c1-13(2,3)12(20)15-7-4-5-10(17)14-8-6-9(16)11(18)19/h9,16H,4-8H2,1-3H3,(H,14,17)(H,15,20)(H,18,19)/t9-/m0/s1. The van der Waals surface area contributed by atoms with Gasteiger partial charge in [-0.3, -0.25) is 9.59 Å². The fraction of sp³-hybridized carbons (Fsp3) is 0.769. The zero-order valence-corrected chi connectivity index (χ0v) is 12.2. The topological polar surface area (TPSA) is 116 Å². The molecule has 2 amide bonds. The Kier molecular flexibility index (Phi) is 7.83. The van der Waals surface area contributed by atoms with Crippen molar-refractivity contribution >= 4 is 17.8 Å². The summed E-state index contributed by atoms with van der Waals surface area (Å²) in [6.45, 7) is 5.95. The first-order chi connectivity index (χ1) is 9.14. The van der Waals surface area contributed by atoms with E-state index in [2.05, 4.69) is 10.6 Å². The largest absolute Gasteiger partial charge is 0.479 e. The Bertz CT molecular complexity index is 349. The number of aliphatic carboxylic acids is 1. The van der Waals surface area contributed by atoms with Gasteiger partial charge in [0.2, 0.25) is 11.8 Å². The lowest BCUT2D eigenvalue weighted by atomic mass is 9.96. The van der Waals surface area contributed by atoms with Gasteiger partial charge in [-0.25, -0.2) is 4.79 Å². The van der Waals surface area contributed by atoms with Gasteiger partial charge in [0.15, 0.2) is 6.10 Å². The van der Waals surface area contributed by atoms with Crippen LogP contribution in [0.4, 0.5) is 0 Å². The van der Waals surface area contributed by atoms with Crippen LogP contribution in [0.1, 0.15) is 40.0 Å². The Morgan fingerprint density at radius 1 is 1.10 bits per heavy atom. The van der Waals surface area contributed by atoms with Gasteiger partial charge in [-0.2, -0.15) is 0 Å². The Morgan fingerprint density at radius 3 is 2.20 bits per heavy atom. The van der Waals surface area contributed by atoms with Gasteiger partial charge in [-0.1, -0.05) is 20.8 Å². The molecule has 0 aliphatic heterocycles. The lowest BCUT2D eigenvalue weighted by Gasteiger charge is -2.17. The summed E-state index contributed by atoms with van der Waals surface area (Å²) in [7, 11) is 0. The SMILES string of the molecule is CC(C)(C)C(=O)NCCCC(=O)NCC[C@H](O)C(=O)O. The van der Waals surface area contributed by atoms with E-state index in [9.17, 15) is 14.4 Å². The highest BCUT2D eigenvalue weighted by Crippen LogP contribution is 2.12. The number of carboxylic acids is 1. The van der Waals surface area contributed by atoms with Crippen LogP contribution in [-0.2, 0) is 14.4 Å². The molecular formula is C13H24N2O5. The fourth-order valence-corrected chi connectivity index (χ4v) is 1.28. The van der Waals surface area contributed by atoms with E-state index in [-0.39, 0.29) is 31.2 Å². The van der Waals surface area contributed by atoms with E-state index in [4.69, 9.17) is 10.2 Å². The first kappa shape index (κ1) is 18.4. The predicted octanol–water partition coefficient (Wildman–Crippen LogP) is -0.119. The molecule has 0 aliphatic rings. The molecule has 0 aromatic carbocycles. The van der Waals surface area contributed by atoms with E-state index in [1.807, 2.05) is 20.8 Å². The minimum Gasteiger partial charge on any atom is -0.479 e. The molecule has 1 atom stereocenters. The van der Waals surface area contributed by atoms with E-state index in [1.54, 1.807) is 0 Å². The van der Waals surface area contributed by atoms with E-state index >= 15 is 0 Å². The van der Waals surface area contributed by atoms with Gasteiger partial charge < -0.3 is 20.8 Å². The van der Waals surface area contributed by atoms with Gasteiger partial charge in [0, 0.05) is 31.3 Å². The molecule has 4 N–H and O–H groups in total. The zero-order chi connectivity index (χ0) is 15.8. The number of carbonyl (C=O) groups excluding carboxylic acids is 2. The molecule has 0 spiro atoms. The number of aliphatic hydroxyl groups excluding tert-OH is 1. The highest BCUT2D eigenvalue weighted by molar-refractivity contribution is 5.81. The van der Waals surface area contributed by atoms with Crippen LogP contribution in [0, 0.1) is 5.41 Å². The molecule has 0 saturated heterocycles. The number of nitrogens with one attached hydrogen (secondary N) is 2. The van der Waals surface area contributed by atoms with Crippen LogP contribution in [0.25, 0.3) is 0 Å². The first-order valence-corrected chi connectivity index (χ1v) is 6.60. The third-order valence-corrected chi connectivity index (χ3v) is 2.57. The van der Waals surface area contributed by atoms with Gasteiger partial charge in [0.1, 0.15) is 0 Å². The van der Waals surface area contributed by atoms with E-state index < -0.39 is 17.5 Å². The van der Waals surface area contributed by atoms with Crippen LogP contribution in [-0.4, -0.2) is 47.2 Å². The molecule has 0 aromatic rings. The normalized spacial score (nSPS) is 12.6. The van der Waals surface area contributed by atoms with Crippen molar-refractivity contribution in [3.05, 3.63) is 0 Å². The van der Waals surface area contributed by atoms with E-state index in [1.165, 1.54) is 0 Å². The summed E-state index contributed by atoms with van der Waals surface area (Å²) in [5.74, 6) is -1.60. The molecule has 0 heterocycles. The van der Waals surface area contributed by atoms with Crippen LogP contribution < -0.4 is 10.6 Å². The minimum absolute atomic E-state index is 0.0260. The molecular weight excluding hydrogens is 264 g/mol. The summed E-state index contributed by atoms with van der Waals surface area (Å²) in [6.07, 6.45) is -0.730. The van der Waals surface area contributed by atoms with Crippen LogP contribution in [0.15, 0.2) is 0 Å². The van der Waals surface area contributed by atoms with Crippen molar-refractivity contribution in [2.45, 2.75) is 46.1 Å². The Labute approximate surface area is 118 Å². The molecule has 0 bridgehead atoms. The Morgan fingerprint density at radius 2 is 1.70 bits per heavy atom. The molecule has 20 heavy (non-hydrogen) atoms. The summed E-state index contributed by atoms with van der Waals surface area (Å²) in [6, 6.07) is 0. The molecule has 0 fully saturated rings. The van der Waals surface area contributed by atoms with Crippen molar-refractivity contribution in [3.8, 4) is 0 Å². The molecule has 0 saturated carbocycles. The monoisotopic (exact) mass is 288 g/mol. The van der Waals surface area contributed by atoms with Crippen molar-refractivity contribution in [1.29, 1.82) is 0 Å². The molecule has 0 aliphatic carbocycles. The van der Waals surface area contributed by atoms with E-state index in [0.717, 1.165) is 0 Å². The quantitative estimate of drug-likeness (QED) is 0.465. The molecule has 0 radical (unpaired) electrons. The second kappa shape index (κ2) is 8.52. The predicted molar refractivity (Wildman–Crippen MR) is 73.0 cm³/mol. The average molecular weight is 288 g/mol. The number of carbonyl (C=O) groups is 3. The molecule has 7 nitrogen and oxygen atoms in total. The third-order valence-electron chi connectivity index (χ3n) is 2.57. The minimum atomic E-state index is -1.46. The van der Waals surface area contributed by atoms with Crippen molar-refractivity contribution in [2.24, 2.45) is 5.41 Å². The van der Waals surface area contributed by atoms with Gasteiger partial charge in [0.05, 0.1) is 0 Å². The summed E-state index contributed by atoms with van der Waals surface area (Å²) < 4.78 is 0. The fourth-order valence-electron chi connectivity index (χ4n) is 1.28. The van der Waals surface area contributed by atoms with Gasteiger partial charge in [-0.05, 0) is 6.42 Å². The van der Waals surface area contributed by atoms with Crippen LogP contribution in [0.3, 0.4) is 0 Å². The number of amides is 2. The maximum atomic E-state index is 11.5. The Hall–Kier alpha value is -1.63. The first-order valence-electron chi connectivity index (χ1n) is 6.60.